The van der Waals surface area contributed by atoms with Gasteiger partial charge in [0.05, 0.1) is 24.2 Å². The molecule has 0 spiro atoms. The molecule has 1 fully saturated rings. The maximum atomic E-state index is 14.2. The van der Waals surface area contributed by atoms with E-state index in [4.69, 9.17) is 28.7 Å². The van der Waals surface area contributed by atoms with E-state index < -0.39 is 95.6 Å². The maximum absolute atomic E-state index is 14.2. The molecule has 1 saturated heterocycles. The molecule has 1 aliphatic heterocycles. The molecule has 350 valence electrons. The van der Waals surface area contributed by atoms with E-state index in [1.54, 1.807) is 30.3 Å². The van der Waals surface area contributed by atoms with Crippen molar-refractivity contribution in [2.24, 2.45) is 34.6 Å². The number of carbonyl (C=O) groups is 7. The normalized spacial score (nSPS) is 27.7. The molecule has 2 rings (SSSR count). The Morgan fingerprint density at radius 1 is 0.790 bits per heavy atom. The van der Waals surface area contributed by atoms with Crippen molar-refractivity contribution in [1.82, 2.24) is 42.5 Å². The number of aldehydes is 1. The minimum absolute atomic E-state index is 0.0285. The van der Waals surface area contributed by atoms with Crippen LogP contribution in [-0.2, 0) is 40.0 Å². The number of benzene rings is 1. The second kappa shape index (κ2) is 27.4. The fraction of sp³-hybridized carbons (Fsp3) is 0.675. The standard InChI is InChI=1S/C40H71N13O9/c1-23(2)19-31-37(60)50-27(10-15-42)34(57)49-28(11-16-43)36(59)52-32(24(3)55)39(62)46-18-13-30(48-33(56)26(45)9-14-41)35(58)51-29(12-17-44)38(61)53-40(22-54,21-47-31)20-25-7-5-4-6-8-25/h4-8,22-24,26-32,39,46-47,55,62H,9-21,41-45H2,1-3H3,(H,48,56)(H,49,57)(H,50,60)(H,51,58)(H,52,59)(H,53,61)/t24-,26+,27+,28+,29+,30+,31+,32+,39?,40+/m1/s1. The van der Waals surface area contributed by atoms with Crippen molar-refractivity contribution in [2.75, 3.05) is 39.3 Å². The number of rotatable bonds is 16. The first kappa shape index (κ1) is 53.5. The molecule has 1 aromatic rings. The summed E-state index contributed by atoms with van der Waals surface area (Å²) in [6, 6.07) is 0.133. The molecule has 0 aromatic heterocycles. The lowest BCUT2D eigenvalue weighted by molar-refractivity contribution is -0.134. The van der Waals surface area contributed by atoms with Gasteiger partial charge in [-0.15, -0.1) is 0 Å². The summed E-state index contributed by atoms with van der Waals surface area (Å²) in [6.45, 7) is 4.48. The molecule has 62 heavy (non-hydrogen) atoms. The Morgan fingerprint density at radius 2 is 1.32 bits per heavy atom. The van der Waals surface area contributed by atoms with Crippen LogP contribution in [0.3, 0.4) is 0 Å². The summed E-state index contributed by atoms with van der Waals surface area (Å²) in [6.07, 6.45) is -2.58. The topological polar surface area (TPSA) is 386 Å². The second-order valence-electron chi connectivity index (χ2n) is 16.1. The van der Waals surface area contributed by atoms with Crippen molar-refractivity contribution in [1.29, 1.82) is 0 Å². The fourth-order valence-corrected chi connectivity index (χ4v) is 6.83. The van der Waals surface area contributed by atoms with Crippen LogP contribution < -0.4 is 71.2 Å². The molecule has 0 radical (unpaired) electrons. The zero-order chi connectivity index (χ0) is 46.4. The fourth-order valence-electron chi connectivity index (χ4n) is 6.83. The molecular weight excluding hydrogens is 807 g/mol. The van der Waals surface area contributed by atoms with E-state index in [0.717, 1.165) is 0 Å². The van der Waals surface area contributed by atoms with Gasteiger partial charge in [0.1, 0.15) is 42.2 Å². The van der Waals surface area contributed by atoms with E-state index >= 15 is 0 Å². The van der Waals surface area contributed by atoms with Gasteiger partial charge < -0.3 is 80.9 Å². The molecule has 0 bridgehead atoms. The lowest BCUT2D eigenvalue weighted by atomic mass is 9.90. The van der Waals surface area contributed by atoms with E-state index in [9.17, 15) is 43.8 Å². The van der Waals surface area contributed by atoms with Crippen LogP contribution in [0.2, 0.25) is 0 Å². The SMILES string of the molecule is CC(C)C[C@@H]1NC[C@](C=O)(Cc2ccccc2)NC(=O)[C@H](CCN)NC(=O)[C@@H](NC(=O)[C@@H](N)CCN)CCNC(O)[C@H]([C@@H](C)O)NC(=O)[C@H](CCN)NC(=O)[C@H](CCN)NC1=O. The minimum atomic E-state index is -1.71. The van der Waals surface area contributed by atoms with Gasteiger partial charge in [-0.2, -0.15) is 0 Å². The van der Waals surface area contributed by atoms with Crippen LogP contribution in [0.15, 0.2) is 30.3 Å². The third-order valence-corrected chi connectivity index (χ3v) is 10.3. The average molecular weight is 878 g/mol. The molecule has 0 saturated carbocycles. The number of hydrogen-bond donors (Lipinski definition) is 15. The number of aliphatic hydroxyl groups is 2. The molecule has 22 heteroatoms. The van der Waals surface area contributed by atoms with Crippen LogP contribution >= 0.6 is 0 Å². The summed E-state index contributed by atoms with van der Waals surface area (Å²) >= 11 is 0. The second-order valence-corrected chi connectivity index (χ2v) is 16.1. The molecule has 10 atom stereocenters. The number of aliphatic hydroxyl groups excluding tert-OH is 2. The van der Waals surface area contributed by atoms with Gasteiger partial charge in [0.15, 0.2) is 0 Å². The summed E-state index contributed by atoms with van der Waals surface area (Å²) in [4.78, 5) is 95.8. The molecule has 6 amide bonds. The average Bonchev–Trinajstić information content (AvgIpc) is 3.22. The van der Waals surface area contributed by atoms with E-state index in [0.29, 0.717) is 11.8 Å². The van der Waals surface area contributed by atoms with Gasteiger partial charge in [0.2, 0.25) is 35.4 Å². The number of hydrogen-bond acceptors (Lipinski definition) is 16. The Labute approximate surface area is 363 Å². The van der Waals surface area contributed by atoms with Crippen molar-refractivity contribution in [3.8, 4) is 0 Å². The molecule has 1 aromatic carbocycles. The molecule has 0 aliphatic carbocycles. The van der Waals surface area contributed by atoms with Crippen LogP contribution in [-0.4, -0.2) is 151 Å². The highest BCUT2D eigenvalue weighted by atomic mass is 16.3. The molecular formula is C40H71N13O9. The van der Waals surface area contributed by atoms with Crippen LogP contribution in [0.25, 0.3) is 0 Å². The molecule has 22 nitrogen and oxygen atoms in total. The van der Waals surface area contributed by atoms with E-state index in [-0.39, 0.29) is 90.1 Å². The quantitative estimate of drug-likeness (QED) is 0.0688. The van der Waals surface area contributed by atoms with E-state index in [2.05, 4.69) is 42.5 Å². The van der Waals surface area contributed by atoms with Crippen molar-refractivity contribution in [2.45, 2.75) is 126 Å². The monoisotopic (exact) mass is 878 g/mol. The first-order valence-corrected chi connectivity index (χ1v) is 21.2. The largest absolute Gasteiger partial charge is 0.391 e. The Kier molecular flexibility index (Phi) is 23.7. The van der Waals surface area contributed by atoms with E-state index in [1.807, 2.05) is 13.8 Å². The highest BCUT2D eigenvalue weighted by Crippen LogP contribution is 2.15. The third-order valence-electron chi connectivity index (χ3n) is 10.3. The van der Waals surface area contributed by atoms with Gasteiger partial charge in [-0.1, -0.05) is 44.2 Å². The lowest BCUT2D eigenvalue weighted by Gasteiger charge is -2.34. The third kappa shape index (κ3) is 17.6. The minimum Gasteiger partial charge on any atom is -0.391 e. The molecule has 20 N–H and O–H groups in total. The highest BCUT2D eigenvalue weighted by molar-refractivity contribution is 5.95. The van der Waals surface area contributed by atoms with Crippen molar-refractivity contribution < 1.29 is 43.8 Å². The first-order valence-electron chi connectivity index (χ1n) is 21.2. The van der Waals surface area contributed by atoms with Crippen molar-refractivity contribution >= 4 is 41.7 Å². The predicted molar refractivity (Wildman–Crippen MR) is 231 cm³/mol. The predicted octanol–water partition coefficient (Wildman–Crippen LogP) is -5.87. The van der Waals surface area contributed by atoms with Gasteiger partial charge >= 0.3 is 0 Å². The Hall–Kier alpha value is -4.65. The lowest BCUT2D eigenvalue weighted by Crippen LogP contribution is -2.64. The number of carbonyl (C=O) groups excluding carboxylic acids is 7. The Balaban J connectivity index is 2.73. The molecule has 1 heterocycles. The van der Waals surface area contributed by atoms with Crippen LogP contribution in [0.4, 0.5) is 0 Å². The van der Waals surface area contributed by atoms with E-state index in [1.165, 1.54) is 6.92 Å². The van der Waals surface area contributed by atoms with Gasteiger partial charge in [0, 0.05) is 19.5 Å². The zero-order valence-corrected chi connectivity index (χ0v) is 36.1. The summed E-state index contributed by atoms with van der Waals surface area (Å²) in [5.41, 5.74) is 28.1. The summed E-state index contributed by atoms with van der Waals surface area (Å²) in [5, 5.41) is 43.4. The zero-order valence-electron chi connectivity index (χ0n) is 36.1. The first-order chi connectivity index (χ1) is 29.4. The number of nitrogens with one attached hydrogen (secondary N) is 8. The smallest absolute Gasteiger partial charge is 0.243 e. The van der Waals surface area contributed by atoms with Crippen molar-refractivity contribution in [3.05, 3.63) is 35.9 Å². The maximum Gasteiger partial charge on any atom is 0.243 e. The molecule has 1 unspecified atom stereocenters. The molecule has 1 aliphatic rings. The highest BCUT2D eigenvalue weighted by Gasteiger charge is 2.38. The Morgan fingerprint density at radius 3 is 1.84 bits per heavy atom. The Bertz CT molecular complexity index is 1590. The summed E-state index contributed by atoms with van der Waals surface area (Å²) in [7, 11) is 0. The number of nitrogens with two attached hydrogens (primary N) is 5. The van der Waals surface area contributed by atoms with Gasteiger partial charge in [0.25, 0.3) is 0 Å². The van der Waals surface area contributed by atoms with Gasteiger partial charge in [-0.25, -0.2) is 0 Å². The van der Waals surface area contributed by atoms with Crippen LogP contribution in [0.1, 0.15) is 64.9 Å². The number of amides is 6. The van der Waals surface area contributed by atoms with Crippen LogP contribution in [0, 0.1) is 5.92 Å². The van der Waals surface area contributed by atoms with Crippen molar-refractivity contribution in [3.63, 3.8) is 0 Å². The van der Waals surface area contributed by atoms with Crippen LogP contribution in [0.5, 0.6) is 0 Å². The summed E-state index contributed by atoms with van der Waals surface area (Å²) < 4.78 is 0. The van der Waals surface area contributed by atoms with Gasteiger partial charge in [-0.05, 0) is 83.1 Å². The van der Waals surface area contributed by atoms with Gasteiger partial charge in [-0.3, -0.25) is 34.1 Å². The summed E-state index contributed by atoms with van der Waals surface area (Å²) in [5.74, 6) is -4.63.